The highest BCUT2D eigenvalue weighted by Crippen LogP contribution is 2.23. The second-order valence-corrected chi connectivity index (χ2v) is 4.96. The van der Waals surface area contributed by atoms with Crippen molar-refractivity contribution in [3.05, 3.63) is 72.1 Å². The van der Waals surface area contributed by atoms with Crippen LogP contribution in [0.15, 0.2) is 72.1 Å². The lowest BCUT2D eigenvalue weighted by Gasteiger charge is -1.93. The Morgan fingerprint density at radius 3 is 1.68 bits per heavy atom. The zero-order valence-corrected chi connectivity index (χ0v) is 11.3. The zero-order valence-electron chi connectivity index (χ0n) is 10.5. The maximum atomic E-state index is 5.37. The van der Waals surface area contributed by atoms with E-state index in [1.54, 1.807) is 35.6 Å². The van der Waals surface area contributed by atoms with Crippen LogP contribution in [0, 0.1) is 0 Å². The number of hydrogen-bond acceptors (Lipinski definition) is 3. The molecule has 0 fully saturated rings. The van der Waals surface area contributed by atoms with Gasteiger partial charge in [-0.2, -0.15) is 0 Å². The first kappa shape index (κ1) is 13.2. The molecule has 0 aliphatic rings. The molecule has 1 heterocycles. The minimum atomic E-state index is 0.749. The smallest absolute Gasteiger partial charge is 0.0342 e. The average Bonchev–Trinajstić information content (AvgIpc) is 2.98. The number of benzene rings is 2. The third-order valence-corrected chi connectivity index (χ3v) is 3.43. The molecule has 0 atom stereocenters. The summed E-state index contributed by atoms with van der Waals surface area (Å²) in [6, 6.07) is 21.7. The fraction of sp³-hybridized carbons (Fsp3) is 0. The average molecular weight is 268 g/mol. The monoisotopic (exact) mass is 268 g/mol. The van der Waals surface area contributed by atoms with E-state index in [2.05, 4.69) is 41.8 Å². The van der Waals surface area contributed by atoms with Crippen molar-refractivity contribution in [1.29, 1.82) is 0 Å². The molecule has 0 bridgehead atoms. The molecule has 3 heteroatoms. The van der Waals surface area contributed by atoms with Crippen LogP contribution in [0.25, 0.3) is 10.4 Å². The molecule has 0 amide bonds. The van der Waals surface area contributed by atoms with Crippen LogP contribution in [0.5, 0.6) is 0 Å². The topological polar surface area (TPSA) is 52.0 Å². The SMILES string of the molecule is Nc1ccc(N)cc1.c1ccc(-c2cccs2)cc1. The Morgan fingerprint density at radius 2 is 1.21 bits per heavy atom. The number of rotatable bonds is 1. The lowest BCUT2D eigenvalue weighted by Crippen LogP contribution is -1.86. The van der Waals surface area contributed by atoms with Crippen molar-refractivity contribution in [3.8, 4) is 10.4 Å². The third kappa shape index (κ3) is 4.16. The molecule has 0 spiro atoms. The van der Waals surface area contributed by atoms with Crippen LogP contribution in [-0.2, 0) is 0 Å². The highest BCUT2D eigenvalue weighted by atomic mass is 32.1. The summed E-state index contributed by atoms with van der Waals surface area (Å²) < 4.78 is 0. The van der Waals surface area contributed by atoms with E-state index in [4.69, 9.17) is 11.5 Å². The van der Waals surface area contributed by atoms with Gasteiger partial charge in [0.05, 0.1) is 0 Å². The third-order valence-electron chi connectivity index (χ3n) is 2.52. The number of anilines is 2. The van der Waals surface area contributed by atoms with Gasteiger partial charge in [-0.25, -0.2) is 0 Å². The standard InChI is InChI=1S/C10H8S.C6H8N2/c1-2-5-9(6-3-1)10-7-4-8-11-10;7-5-1-2-6(8)4-3-5/h1-8H;1-4H,7-8H2. The summed E-state index contributed by atoms with van der Waals surface area (Å²) in [6.07, 6.45) is 0. The fourth-order valence-electron chi connectivity index (χ4n) is 1.54. The molecule has 0 saturated carbocycles. The van der Waals surface area contributed by atoms with Crippen LogP contribution in [-0.4, -0.2) is 0 Å². The fourth-order valence-corrected chi connectivity index (χ4v) is 2.27. The summed E-state index contributed by atoms with van der Waals surface area (Å²) in [7, 11) is 0. The number of hydrogen-bond donors (Lipinski definition) is 2. The molecular weight excluding hydrogens is 252 g/mol. The van der Waals surface area contributed by atoms with Crippen LogP contribution in [0.2, 0.25) is 0 Å². The van der Waals surface area contributed by atoms with E-state index in [0.717, 1.165) is 11.4 Å². The Kier molecular flexibility index (Phi) is 4.59. The van der Waals surface area contributed by atoms with Crippen molar-refractivity contribution in [1.82, 2.24) is 0 Å². The molecular formula is C16H16N2S. The summed E-state index contributed by atoms with van der Waals surface area (Å²) in [5, 5.41) is 2.10. The van der Waals surface area contributed by atoms with Crippen molar-refractivity contribution in [2.45, 2.75) is 0 Å². The molecule has 96 valence electrons. The van der Waals surface area contributed by atoms with E-state index >= 15 is 0 Å². The number of nitrogen functional groups attached to an aromatic ring is 2. The Bertz CT molecular complexity index is 565. The normalized spacial score (nSPS) is 9.47. The van der Waals surface area contributed by atoms with Gasteiger partial charge in [0.2, 0.25) is 0 Å². The lowest BCUT2D eigenvalue weighted by atomic mass is 10.2. The zero-order chi connectivity index (χ0) is 13.5. The maximum absolute atomic E-state index is 5.37. The van der Waals surface area contributed by atoms with Crippen molar-refractivity contribution in [2.24, 2.45) is 0 Å². The minimum Gasteiger partial charge on any atom is -0.399 e. The number of nitrogens with two attached hydrogens (primary N) is 2. The molecule has 2 nitrogen and oxygen atoms in total. The molecule has 1 aromatic heterocycles. The quantitative estimate of drug-likeness (QED) is 0.648. The van der Waals surface area contributed by atoms with E-state index in [1.165, 1.54) is 10.4 Å². The van der Waals surface area contributed by atoms with Gasteiger partial charge in [-0.3, -0.25) is 0 Å². The van der Waals surface area contributed by atoms with E-state index in [-0.39, 0.29) is 0 Å². The van der Waals surface area contributed by atoms with Crippen molar-refractivity contribution >= 4 is 22.7 Å². The minimum absolute atomic E-state index is 0.749. The van der Waals surface area contributed by atoms with Gasteiger partial charge < -0.3 is 11.5 Å². The summed E-state index contributed by atoms with van der Waals surface area (Å²) in [5.41, 5.74) is 13.5. The highest BCUT2D eigenvalue weighted by Gasteiger charge is 1.94. The molecule has 3 rings (SSSR count). The Hall–Kier alpha value is -2.26. The molecule has 3 aromatic rings. The molecule has 0 radical (unpaired) electrons. The largest absolute Gasteiger partial charge is 0.399 e. The van der Waals surface area contributed by atoms with E-state index in [1.807, 2.05) is 6.07 Å². The molecule has 19 heavy (non-hydrogen) atoms. The van der Waals surface area contributed by atoms with Crippen LogP contribution < -0.4 is 11.5 Å². The Morgan fingerprint density at radius 1 is 0.632 bits per heavy atom. The molecule has 2 aromatic carbocycles. The predicted molar refractivity (Wildman–Crippen MR) is 85.0 cm³/mol. The lowest BCUT2D eigenvalue weighted by molar-refractivity contribution is 1.67. The van der Waals surface area contributed by atoms with Gasteiger partial charge in [0.1, 0.15) is 0 Å². The van der Waals surface area contributed by atoms with E-state index in [9.17, 15) is 0 Å². The Labute approximate surface area is 117 Å². The molecule has 4 N–H and O–H groups in total. The second kappa shape index (κ2) is 6.61. The van der Waals surface area contributed by atoms with Crippen LogP contribution >= 0.6 is 11.3 Å². The molecule has 0 saturated heterocycles. The summed E-state index contributed by atoms with van der Waals surface area (Å²) in [6.45, 7) is 0. The highest BCUT2D eigenvalue weighted by molar-refractivity contribution is 7.13. The van der Waals surface area contributed by atoms with Crippen molar-refractivity contribution in [2.75, 3.05) is 11.5 Å². The van der Waals surface area contributed by atoms with Crippen LogP contribution in [0.4, 0.5) is 11.4 Å². The van der Waals surface area contributed by atoms with Gasteiger partial charge >= 0.3 is 0 Å². The van der Waals surface area contributed by atoms with Crippen molar-refractivity contribution < 1.29 is 0 Å². The summed E-state index contributed by atoms with van der Waals surface area (Å²) in [5.74, 6) is 0. The molecule has 0 aliphatic carbocycles. The van der Waals surface area contributed by atoms with E-state index < -0.39 is 0 Å². The Balaban J connectivity index is 0.000000148. The van der Waals surface area contributed by atoms with Gasteiger partial charge in [-0.05, 0) is 41.3 Å². The van der Waals surface area contributed by atoms with Gasteiger partial charge in [0, 0.05) is 16.3 Å². The first-order chi connectivity index (χ1) is 9.25. The van der Waals surface area contributed by atoms with Crippen LogP contribution in [0.1, 0.15) is 0 Å². The first-order valence-electron chi connectivity index (χ1n) is 5.95. The first-order valence-corrected chi connectivity index (χ1v) is 6.83. The number of thiophene rings is 1. The van der Waals surface area contributed by atoms with Gasteiger partial charge in [0.15, 0.2) is 0 Å². The van der Waals surface area contributed by atoms with Gasteiger partial charge in [-0.1, -0.05) is 36.4 Å². The van der Waals surface area contributed by atoms with Gasteiger partial charge in [-0.15, -0.1) is 11.3 Å². The molecule has 0 aliphatic heterocycles. The molecule has 0 unspecified atom stereocenters. The van der Waals surface area contributed by atoms with Crippen molar-refractivity contribution in [3.63, 3.8) is 0 Å². The van der Waals surface area contributed by atoms with E-state index in [0.29, 0.717) is 0 Å². The predicted octanol–water partition coefficient (Wildman–Crippen LogP) is 4.27. The summed E-state index contributed by atoms with van der Waals surface area (Å²) in [4.78, 5) is 1.34. The maximum Gasteiger partial charge on any atom is 0.0342 e. The second-order valence-electron chi connectivity index (χ2n) is 4.01. The van der Waals surface area contributed by atoms with Gasteiger partial charge in [0.25, 0.3) is 0 Å². The van der Waals surface area contributed by atoms with Crippen LogP contribution in [0.3, 0.4) is 0 Å². The summed E-state index contributed by atoms with van der Waals surface area (Å²) >= 11 is 1.78.